The first-order valence-electron chi connectivity index (χ1n) is 14.6. The van der Waals surface area contributed by atoms with Gasteiger partial charge in [0.25, 0.3) is 0 Å². The molecule has 0 heterocycles. The van der Waals surface area contributed by atoms with Crippen molar-refractivity contribution >= 4 is 8.32 Å². The van der Waals surface area contributed by atoms with E-state index in [0.29, 0.717) is 5.04 Å². The fourth-order valence-corrected chi connectivity index (χ4v) is 5.04. The van der Waals surface area contributed by atoms with Crippen LogP contribution in [0, 0.1) is 0 Å². The first kappa shape index (κ1) is 31.9. The molecule has 0 aromatic rings. The van der Waals surface area contributed by atoms with Gasteiger partial charge in [0.15, 0.2) is 8.32 Å². The number of hydrogen-bond acceptors (Lipinski definition) is 1. The summed E-state index contributed by atoms with van der Waals surface area (Å²) in [5, 5.41) is 0.343. The van der Waals surface area contributed by atoms with Crippen LogP contribution in [0.25, 0.3) is 0 Å². The van der Waals surface area contributed by atoms with Crippen LogP contribution < -0.4 is 0 Å². The van der Waals surface area contributed by atoms with Crippen LogP contribution >= 0.6 is 0 Å². The van der Waals surface area contributed by atoms with E-state index < -0.39 is 8.32 Å². The molecule has 0 fully saturated rings. The maximum Gasteiger partial charge on any atom is 0.191 e. The van der Waals surface area contributed by atoms with E-state index in [1.165, 1.54) is 128 Å². The Balaban J connectivity index is 3.23. The van der Waals surface area contributed by atoms with E-state index in [0.717, 1.165) is 6.61 Å². The topological polar surface area (TPSA) is 9.23 Å². The Bertz CT molecular complexity index is 408. The van der Waals surface area contributed by atoms with Gasteiger partial charge in [-0.15, -0.1) is 0 Å². The lowest BCUT2D eigenvalue weighted by molar-refractivity contribution is 0.277. The lowest BCUT2D eigenvalue weighted by atomic mass is 10.1. The smallest absolute Gasteiger partial charge is 0.191 e. The molecule has 0 spiro atoms. The quantitative estimate of drug-likeness (QED) is 0.0826. The molecule has 192 valence electrons. The third-order valence-electron chi connectivity index (χ3n) is 7.43. The average Bonchev–Trinajstić information content (AvgIpc) is 2.73. The third kappa shape index (κ3) is 20.5. The summed E-state index contributed by atoms with van der Waals surface area (Å²) < 4.78 is 6.27. The van der Waals surface area contributed by atoms with Crippen LogP contribution in [-0.2, 0) is 4.43 Å². The molecule has 0 aliphatic rings. The van der Waals surface area contributed by atoms with Crippen molar-refractivity contribution in [3.05, 3.63) is 12.2 Å². The Morgan fingerprint density at radius 3 is 1.25 bits per heavy atom. The van der Waals surface area contributed by atoms with Crippen LogP contribution in [0.1, 0.15) is 156 Å². The maximum absolute atomic E-state index is 6.27. The van der Waals surface area contributed by atoms with Crippen LogP contribution in [-0.4, -0.2) is 14.9 Å². The van der Waals surface area contributed by atoms with E-state index in [2.05, 4.69) is 52.9 Å². The standard InChI is InChI=1S/C30H62OSi/c1-7-8-9-10-11-12-13-14-15-16-17-18-19-20-21-22-23-24-25-26-27-28-29-31-32(5,6)30(2,3)4/h16-17H,7-15,18-29H2,1-6H3/b17-16-. The molecule has 0 amide bonds. The van der Waals surface area contributed by atoms with Gasteiger partial charge < -0.3 is 4.43 Å². The highest BCUT2D eigenvalue weighted by Crippen LogP contribution is 2.36. The van der Waals surface area contributed by atoms with Gasteiger partial charge in [0.1, 0.15) is 0 Å². The van der Waals surface area contributed by atoms with Crippen molar-refractivity contribution in [3.8, 4) is 0 Å². The summed E-state index contributed by atoms with van der Waals surface area (Å²) in [6.07, 6.45) is 32.9. The Labute approximate surface area is 205 Å². The van der Waals surface area contributed by atoms with Crippen molar-refractivity contribution in [1.82, 2.24) is 0 Å². The molecule has 0 atom stereocenters. The van der Waals surface area contributed by atoms with E-state index in [4.69, 9.17) is 4.43 Å². The Hall–Kier alpha value is -0.0831. The highest BCUT2D eigenvalue weighted by molar-refractivity contribution is 6.74. The van der Waals surface area contributed by atoms with Gasteiger partial charge in [-0.05, 0) is 50.2 Å². The Morgan fingerprint density at radius 1 is 0.531 bits per heavy atom. The second-order valence-corrected chi connectivity index (χ2v) is 16.5. The fraction of sp³-hybridized carbons (Fsp3) is 0.933. The first-order valence-corrected chi connectivity index (χ1v) is 17.5. The van der Waals surface area contributed by atoms with Gasteiger partial charge in [-0.2, -0.15) is 0 Å². The van der Waals surface area contributed by atoms with Crippen LogP contribution in [0.5, 0.6) is 0 Å². The average molecular weight is 467 g/mol. The second kappa shape index (κ2) is 21.5. The van der Waals surface area contributed by atoms with Gasteiger partial charge in [-0.25, -0.2) is 0 Å². The molecule has 0 aromatic carbocycles. The lowest BCUT2D eigenvalue weighted by Crippen LogP contribution is -2.40. The minimum atomic E-state index is -1.53. The second-order valence-electron chi connectivity index (χ2n) is 11.7. The molecule has 0 saturated carbocycles. The van der Waals surface area contributed by atoms with Crippen molar-refractivity contribution < 1.29 is 4.43 Å². The predicted octanol–water partition coefficient (Wildman–Crippen LogP) is 11.4. The number of unbranched alkanes of at least 4 members (excludes halogenated alkanes) is 18. The maximum atomic E-state index is 6.27. The van der Waals surface area contributed by atoms with E-state index in [9.17, 15) is 0 Å². The van der Waals surface area contributed by atoms with Gasteiger partial charge >= 0.3 is 0 Å². The largest absolute Gasteiger partial charge is 0.417 e. The number of hydrogen-bond donors (Lipinski definition) is 0. The van der Waals surface area contributed by atoms with Gasteiger partial charge in [0.2, 0.25) is 0 Å². The minimum absolute atomic E-state index is 0.343. The molecular weight excluding hydrogens is 404 g/mol. The molecule has 0 radical (unpaired) electrons. The molecule has 0 aliphatic carbocycles. The molecule has 2 heteroatoms. The van der Waals surface area contributed by atoms with Crippen molar-refractivity contribution in [2.45, 2.75) is 174 Å². The lowest BCUT2D eigenvalue weighted by Gasteiger charge is -2.36. The Morgan fingerprint density at radius 2 is 0.875 bits per heavy atom. The molecule has 0 bridgehead atoms. The number of allylic oxidation sites excluding steroid dienone is 2. The highest BCUT2D eigenvalue weighted by Gasteiger charge is 2.36. The van der Waals surface area contributed by atoms with Crippen molar-refractivity contribution in [2.75, 3.05) is 6.61 Å². The molecule has 0 aromatic heterocycles. The van der Waals surface area contributed by atoms with E-state index in [-0.39, 0.29) is 0 Å². The summed E-state index contributed by atoms with van der Waals surface area (Å²) in [7, 11) is -1.53. The van der Waals surface area contributed by atoms with Crippen molar-refractivity contribution in [2.24, 2.45) is 0 Å². The minimum Gasteiger partial charge on any atom is -0.417 e. The highest BCUT2D eigenvalue weighted by atomic mass is 28.4. The summed E-state index contributed by atoms with van der Waals surface area (Å²) in [5.74, 6) is 0. The van der Waals surface area contributed by atoms with Gasteiger partial charge in [-0.1, -0.05) is 136 Å². The summed E-state index contributed by atoms with van der Waals surface area (Å²) in [5.41, 5.74) is 0. The molecule has 32 heavy (non-hydrogen) atoms. The van der Waals surface area contributed by atoms with E-state index in [1.54, 1.807) is 0 Å². The zero-order chi connectivity index (χ0) is 24.0. The van der Waals surface area contributed by atoms with Gasteiger partial charge in [0.05, 0.1) is 0 Å². The van der Waals surface area contributed by atoms with E-state index >= 15 is 0 Å². The van der Waals surface area contributed by atoms with Crippen LogP contribution in [0.15, 0.2) is 12.2 Å². The molecule has 0 aliphatic heterocycles. The normalized spacial score (nSPS) is 12.8. The first-order chi connectivity index (χ1) is 15.3. The monoisotopic (exact) mass is 466 g/mol. The van der Waals surface area contributed by atoms with E-state index in [1.807, 2.05) is 0 Å². The molecule has 1 nitrogen and oxygen atoms in total. The fourth-order valence-electron chi connectivity index (χ4n) is 3.95. The van der Waals surface area contributed by atoms with Crippen LogP contribution in [0.2, 0.25) is 18.1 Å². The molecule has 0 unspecified atom stereocenters. The van der Waals surface area contributed by atoms with Crippen molar-refractivity contribution in [1.29, 1.82) is 0 Å². The van der Waals surface area contributed by atoms with Crippen molar-refractivity contribution in [3.63, 3.8) is 0 Å². The number of rotatable bonds is 23. The SMILES string of the molecule is CCCCCCCCCC/C=C\CCCCCCCCCCCCO[Si](C)(C)C(C)(C)C. The molecule has 0 rings (SSSR count). The summed E-state index contributed by atoms with van der Waals surface area (Å²) in [4.78, 5) is 0. The van der Waals surface area contributed by atoms with Crippen LogP contribution in [0.4, 0.5) is 0 Å². The van der Waals surface area contributed by atoms with Crippen LogP contribution in [0.3, 0.4) is 0 Å². The summed E-state index contributed by atoms with van der Waals surface area (Å²) in [6.45, 7) is 15.0. The zero-order valence-corrected chi connectivity index (χ0v) is 24.4. The van der Waals surface area contributed by atoms with Gasteiger partial charge in [0, 0.05) is 6.61 Å². The molecule has 0 N–H and O–H groups in total. The van der Waals surface area contributed by atoms with Gasteiger partial charge in [-0.3, -0.25) is 0 Å². The molecule has 0 saturated heterocycles. The predicted molar refractivity (Wildman–Crippen MR) is 150 cm³/mol. The third-order valence-corrected chi connectivity index (χ3v) is 12.0. The Kier molecular flexibility index (Phi) is 21.4. The summed E-state index contributed by atoms with van der Waals surface area (Å²) >= 11 is 0. The zero-order valence-electron chi connectivity index (χ0n) is 23.4. The molecular formula is C30H62OSi. The summed E-state index contributed by atoms with van der Waals surface area (Å²) in [6, 6.07) is 0.